The van der Waals surface area contributed by atoms with Gasteiger partial charge in [0.25, 0.3) is 0 Å². The summed E-state index contributed by atoms with van der Waals surface area (Å²) in [5, 5.41) is 4.63. The Kier molecular flexibility index (Phi) is 4.75. The molecule has 2 N–H and O–H groups in total. The van der Waals surface area contributed by atoms with Gasteiger partial charge in [-0.1, -0.05) is 37.8 Å². The summed E-state index contributed by atoms with van der Waals surface area (Å²) >= 11 is 0. The van der Waals surface area contributed by atoms with Crippen LogP contribution in [0.1, 0.15) is 29.9 Å². The first-order valence-corrected chi connectivity index (χ1v) is 10.2. The van der Waals surface area contributed by atoms with E-state index in [1.807, 2.05) is 36.5 Å². The van der Waals surface area contributed by atoms with E-state index < -0.39 is 0 Å². The van der Waals surface area contributed by atoms with Gasteiger partial charge in [-0.25, -0.2) is 4.98 Å². The molecule has 1 unspecified atom stereocenters. The van der Waals surface area contributed by atoms with E-state index in [0.29, 0.717) is 11.3 Å². The number of aromatic amines is 1. The maximum absolute atomic E-state index is 14.3. The molecule has 5 rings (SSSR count). The highest BCUT2D eigenvalue weighted by Crippen LogP contribution is 2.35. The zero-order chi connectivity index (χ0) is 21.4. The van der Waals surface area contributed by atoms with Crippen LogP contribution in [0.3, 0.4) is 0 Å². The molecule has 0 amide bonds. The lowest BCUT2D eigenvalue weighted by Gasteiger charge is -2.21. The average Bonchev–Trinajstić information content (AvgIpc) is 3.42. The summed E-state index contributed by atoms with van der Waals surface area (Å²) in [7, 11) is 0. The number of hydrogen-bond acceptors (Lipinski definition) is 3. The Hall–Kier alpha value is -3.93. The number of benzene rings is 1. The molecule has 0 radical (unpaired) electrons. The topological polar surface area (TPSA) is 58.0 Å². The fourth-order valence-corrected chi connectivity index (χ4v) is 3.90. The Morgan fingerprint density at radius 2 is 2.06 bits per heavy atom. The molecule has 0 aliphatic rings. The quantitative estimate of drug-likeness (QED) is 0.348. The molecule has 4 heterocycles. The first kappa shape index (κ1) is 19.1. The highest BCUT2D eigenvalue weighted by molar-refractivity contribution is 5.93. The van der Waals surface area contributed by atoms with Crippen LogP contribution >= 0.6 is 0 Å². The van der Waals surface area contributed by atoms with Gasteiger partial charge in [-0.05, 0) is 42.3 Å². The second-order valence-corrected chi connectivity index (χ2v) is 7.48. The molecule has 154 valence electrons. The summed E-state index contributed by atoms with van der Waals surface area (Å²) in [6.45, 7) is 6.48. The molecule has 1 aromatic carbocycles. The van der Waals surface area contributed by atoms with Crippen LogP contribution in [0, 0.1) is 5.95 Å². The summed E-state index contributed by atoms with van der Waals surface area (Å²) in [5.74, 6) is -0.357. The van der Waals surface area contributed by atoms with Crippen molar-refractivity contribution in [2.24, 2.45) is 0 Å². The van der Waals surface area contributed by atoms with Gasteiger partial charge < -0.3 is 10.3 Å². The van der Waals surface area contributed by atoms with Crippen molar-refractivity contribution in [2.75, 3.05) is 5.32 Å². The van der Waals surface area contributed by atoms with Crippen LogP contribution in [-0.2, 0) is 6.42 Å². The van der Waals surface area contributed by atoms with Crippen molar-refractivity contribution in [3.8, 4) is 0 Å². The van der Waals surface area contributed by atoms with Crippen LogP contribution in [0.25, 0.3) is 22.1 Å². The lowest BCUT2D eigenvalue weighted by Crippen LogP contribution is -2.13. The highest BCUT2D eigenvalue weighted by atomic mass is 19.1. The van der Waals surface area contributed by atoms with E-state index in [9.17, 15) is 4.39 Å². The van der Waals surface area contributed by atoms with Gasteiger partial charge in [0.2, 0.25) is 0 Å². The van der Waals surface area contributed by atoms with E-state index in [1.165, 1.54) is 10.5 Å². The highest BCUT2D eigenvalue weighted by Gasteiger charge is 2.22. The van der Waals surface area contributed by atoms with Crippen molar-refractivity contribution >= 4 is 27.8 Å². The standard InChI is InChI=1S/C25H22FN5/c1-3-17-13-18(11-12-27-17)29-25(22-15-31-23(26)9-6-10-24(31)30-22)16(2)20-14-28-21-8-5-4-7-19(20)21/h4-15,25,28H,2-3H2,1H3,(H,27,29). The van der Waals surface area contributed by atoms with Crippen LogP contribution in [-0.4, -0.2) is 19.4 Å². The summed E-state index contributed by atoms with van der Waals surface area (Å²) in [4.78, 5) is 12.4. The summed E-state index contributed by atoms with van der Waals surface area (Å²) < 4.78 is 15.8. The van der Waals surface area contributed by atoms with Crippen LogP contribution in [0.5, 0.6) is 0 Å². The van der Waals surface area contributed by atoms with Gasteiger partial charge in [-0.3, -0.25) is 9.38 Å². The van der Waals surface area contributed by atoms with Gasteiger partial charge in [-0.15, -0.1) is 0 Å². The van der Waals surface area contributed by atoms with Crippen LogP contribution < -0.4 is 5.32 Å². The Morgan fingerprint density at radius 3 is 2.90 bits per heavy atom. The molecule has 0 aliphatic carbocycles. The fraction of sp³-hybridized carbons (Fsp3) is 0.120. The van der Waals surface area contributed by atoms with Gasteiger partial charge in [0, 0.05) is 46.4 Å². The lowest BCUT2D eigenvalue weighted by molar-refractivity contribution is 0.567. The van der Waals surface area contributed by atoms with Crippen molar-refractivity contribution in [2.45, 2.75) is 19.4 Å². The summed E-state index contributed by atoms with van der Waals surface area (Å²) in [6, 6.07) is 16.6. The predicted octanol–water partition coefficient (Wildman–Crippen LogP) is 5.78. The maximum Gasteiger partial charge on any atom is 0.199 e. The minimum absolute atomic E-state index is 0.356. The van der Waals surface area contributed by atoms with Crippen molar-refractivity contribution < 1.29 is 4.39 Å². The monoisotopic (exact) mass is 411 g/mol. The zero-order valence-corrected chi connectivity index (χ0v) is 17.1. The second-order valence-electron chi connectivity index (χ2n) is 7.48. The smallest absolute Gasteiger partial charge is 0.199 e. The number of aromatic nitrogens is 4. The third-order valence-corrected chi connectivity index (χ3v) is 5.53. The molecule has 0 saturated heterocycles. The first-order valence-electron chi connectivity index (χ1n) is 10.2. The first-order chi connectivity index (χ1) is 15.1. The summed E-state index contributed by atoms with van der Waals surface area (Å²) in [5.41, 5.74) is 6.02. The number of aryl methyl sites for hydroxylation is 1. The molecular formula is C25H22FN5. The van der Waals surface area contributed by atoms with E-state index >= 15 is 0 Å². The van der Waals surface area contributed by atoms with Crippen LogP contribution in [0.2, 0.25) is 0 Å². The van der Waals surface area contributed by atoms with Gasteiger partial charge in [0.05, 0.1) is 11.7 Å². The molecule has 0 spiro atoms. The van der Waals surface area contributed by atoms with E-state index in [2.05, 4.69) is 34.9 Å². The van der Waals surface area contributed by atoms with E-state index in [1.54, 1.807) is 24.5 Å². The Labute approximate surface area is 179 Å². The second kappa shape index (κ2) is 7.72. The Balaban J connectivity index is 1.62. The SMILES string of the molecule is C=C(c1c[nH]c2ccccc12)C(Nc1ccnc(CC)c1)c1cn2c(F)cccc2n1. The van der Waals surface area contributed by atoms with Gasteiger partial charge in [0.15, 0.2) is 5.95 Å². The third kappa shape index (κ3) is 3.46. The number of halogens is 1. The zero-order valence-electron chi connectivity index (χ0n) is 17.1. The van der Waals surface area contributed by atoms with Crippen molar-refractivity contribution in [1.29, 1.82) is 0 Å². The van der Waals surface area contributed by atoms with Gasteiger partial charge in [0.1, 0.15) is 5.65 Å². The lowest BCUT2D eigenvalue weighted by atomic mass is 9.97. The largest absolute Gasteiger partial charge is 0.373 e. The third-order valence-electron chi connectivity index (χ3n) is 5.53. The number of H-pyrrole nitrogens is 1. The van der Waals surface area contributed by atoms with E-state index in [0.717, 1.165) is 39.8 Å². The van der Waals surface area contributed by atoms with Crippen LogP contribution in [0.15, 0.2) is 79.8 Å². The van der Waals surface area contributed by atoms with Crippen molar-refractivity contribution in [3.63, 3.8) is 0 Å². The number of pyridine rings is 2. The molecule has 1 atom stereocenters. The summed E-state index contributed by atoms with van der Waals surface area (Å²) in [6.07, 6.45) is 6.31. The normalized spacial score (nSPS) is 12.3. The van der Waals surface area contributed by atoms with E-state index in [4.69, 9.17) is 4.98 Å². The molecule has 6 heteroatoms. The number of nitrogens with one attached hydrogen (secondary N) is 2. The molecule has 0 fully saturated rings. The predicted molar refractivity (Wildman–Crippen MR) is 122 cm³/mol. The molecule has 0 saturated carbocycles. The molecule has 5 aromatic rings. The molecule has 0 bridgehead atoms. The number of anilines is 1. The van der Waals surface area contributed by atoms with Gasteiger partial charge >= 0.3 is 0 Å². The van der Waals surface area contributed by atoms with Crippen molar-refractivity contribution in [1.82, 2.24) is 19.4 Å². The van der Waals surface area contributed by atoms with E-state index in [-0.39, 0.29) is 12.0 Å². The number of para-hydroxylation sites is 1. The molecule has 5 nitrogen and oxygen atoms in total. The minimum Gasteiger partial charge on any atom is -0.373 e. The minimum atomic E-state index is -0.357. The molecule has 4 aromatic heterocycles. The molecule has 31 heavy (non-hydrogen) atoms. The van der Waals surface area contributed by atoms with Gasteiger partial charge in [-0.2, -0.15) is 4.39 Å². The number of nitrogens with zero attached hydrogens (tertiary/aromatic N) is 3. The number of imidazole rings is 1. The van der Waals surface area contributed by atoms with Crippen molar-refractivity contribution in [3.05, 3.63) is 103 Å². The number of rotatable bonds is 6. The van der Waals surface area contributed by atoms with Crippen LogP contribution in [0.4, 0.5) is 10.1 Å². The number of fused-ring (bicyclic) bond motifs is 2. The average molecular weight is 411 g/mol. The number of hydrogen-bond donors (Lipinski definition) is 2. The Bertz CT molecular complexity index is 1400. The Morgan fingerprint density at radius 1 is 1.19 bits per heavy atom. The fourth-order valence-electron chi connectivity index (χ4n) is 3.90. The molecular weight excluding hydrogens is 389 g/mol. The maximum atomic E-state index is 14.3. The molecule has 0 aliphatic heterocycles.